The van der Waals surface area contributed by atoms with Crippen LogP contribution in [-0.2, 0) is 9.53 Å². The summed E-state index contributed by atoms with van der Waals surface area (Å²) in [4.78, 5) is 11.9. The first-order chi connectivity index (χ1) is 10.6. The molecule has 0 aromatic heterocycles. The van der Waals surface area contributed by atoms with Crippen LogP contribution < -0.4 is 15.4 Å². The van der Waals surface area contributed by atoms with Gasteiger partial charge in [0, 0.05) is 13.1 Å². The number of hydrogen-bond donors (Lipinski definition) is 3. The molecule has 0 aliphatic carbocycles. The topological polar surface area (TPSA) is 79.8 Å². The maximum Gasteiger partial charge on any atom is 0.239 e. The molecule has 22 heavy (non-hydrogen) atoms. The van der Waals surface area contributed by atoms with Crippen molar-refractivity contribution in [3.8, 4) is 5.75 Å². The van der Waals surface area contributed by atoms with Crippen molar-refractivity contribution in [1.29, 1.82) is 0 Å². The van der Waals surface area contributed by atoms with Crippen LogP contribution in [0.1, 0.15) is 25.5 Å². The fraction of sp³-hybridized carbons (Fsp3) is 0.562. The largest absolute Gasteiger partial charge is 0.491 e. The fourth-order valence-corrected chi connectivity index (χ4v) is 2.21. The average molecular weight is 308 g/mol. The molecule has 1 heterocycles. The molecule has 2 atom stereocenters. The van der Waals surface area contributed by atoms with Gasteiger partial charge in [0.1, 0.15) is 11.8 Å². The second-order valence-electron chi connectivity index (χ2n) is 5.58. The number of aliphatic hydroxyl groups excluding tert-OH is 1. The van der Waals surface area contributed by atoms with E-state index in [-0.39, 0.29) is 24.6 Å². The Morgan fingerprint density at radius 1 is 1.45 bits per heavy atom. The lowest BCUT2D eigenvalue weighted by molar-refractivity contribution is -0.126. The number of aliphatic hydroxyl groups is 1. The molecule has 6 nitrogen and oxygen atoms in total. The van der Waals surface area contributed by atoms with E-state index in [2.05, 4.69) is 10.6 Å². The lowest BCUT2D eigenvalue weighted by Crippen LogP contribution is -2.51. The molecule has 1 aromatic rings. The molecule has 0 spiro atoms. The minimum Gasteiger partial charge on any atom is -0.491 e. The van der Waals surface area contributed by atoms with E-state index in [1.807, 2.05) is 26.0 Å². The lowest BCUT2D eigenvalue weighted by atomic mass is 10.1. The van der Waals surface area contributed by atoms with Crippen LogP contribution in [0.2, 0.25) is 0 Å². The number of nitrogens with one attached hydrogen (secondary N) is 2. The Hall–Kier alpha value is -1.63. The van der Waals surface area contributed by atoms with Crippen molar-refractivity contribution in [1.82, 2.24) is 10.6 Å². The van der Waals surface area contributed by atoms with E-state index < -0.39 is 6.10 Å². The molecule has 1 saturated heterocycles. The minimum absolute atomic E-state index is 0.111. The molecule has 122 valence electrons. The highest BCUT2D eigenvalue weighted by atomic mass is 16.5. The van der Waals surface area contributed by atoms with Gasteiger partial charge < -0.3 is 25.2 Å². The van der Waals surface area contributed by atoms with Crippen LogP contribution in [0.15, 0.2) is 24.3 Å². The van der Waals surface area contributed by atoms with Crippen LogP contribution in [0.5, 0.6) is 5.75 Å². The van der Waals surface area contributed by atoms with Gasteiger partial charge in [-0.2, -0.15) is 0 Å². The van der Waals surface area contributed by atoms with Crippen molar-refractivity contribution < 1.29 is 19.4 Å². The Kier molecular flexibility index (Phi) is 6.18. The summed E-state index contributed by atoms with van der Waals surface area (Å²) in [5, 5.41) is 15.9. The third-order valence-electron chi connectivity index (χ3n) is 3.34. The van der Waals surface area contributed by atoms with Gasteiger partial charge in [0.25, 0.3) is 0 Å². The van der Waals surface area contributed by atoms with Gasteiger partial charge in [-0.3, -0.25) is 4.79 Å². The van der Waals surface area contributed by atoms with E-state index in [4.69, 9.17) is 9.47 Å². The standard InChI is InChI=1S/C16H24N2O4/c1-11(2)22-13-5-3-12(4-6-13)15(19)9-18-16(20)14-10-21-8-7-17-14/h3-6,11,14-15,17,19H,7-10H2,1-2H3,(H,18,20). The van der Waals surface area contributed by atoms with Gasteiger partial charge in [-0.1, -0.05) is 12.1 Å². The first-order valence-corrected chi connectivity index (χ1v) is 7.60. The Labute approximate surface area is 130 Å². The first kappa shape index (κ1) is 16.7. The highest BCUT2D eigenvalue weighted by Gasteiger charge is 2.21. The van der Waals surface area contributed by atoms with E-state index in [0.717, 1.165) is 11.3 Å². The molecule has 0 radical (unpaired) electrons. The van der Waals surface area contributed by atoms with Crippen molar-refractivity contribution in [2.75, 3.05) is 26.3 Å². The van der Waals surface area contributed by atoms with Crippen molar-refractivity contribution >= 4 is 5.91 Å². The van der Waals surface area contributed by atoms with Crippen molar-refractivity contribution in [3.05, 3.63) is 29.8 Å². The number of morpholine rings is 1. The Morgan fingerprint density at radius 3 is 2.77 bits per heavy atom. The molecule has 1 aliphatic heterocycles. The van der Waals surface area contributed by atoms with Crippen LogP contribution >= 0.6 is 0 Å². The number of ether oxygens (including phenoxy) is 2. The zero-order valence-corrected chi connectivity index (χ0v) is 13.0. The van der Waals surface area contributed by atoms with E-state index in [0.29, 0.717) is 19.8 Å². The summed E-state index contributed by atoms with van der Waals surface area (Å²) in [5.41, 5.74) is 0.740. The number of carbonyl (C=O) groups is 1. The van der Waals surface area contributed by atoms with Gasteiger partial charge >= 0.3 is 0 Å². The van der Waals surface area contributed by atoms with Crippen molar-refractivity contribution in [3.63, 3.8) is 0 Å². The fourth-order valence-electron chi connectivity index (χ4n) is 2.21. The number of carbonyl (C=O) groups excluding carboxylic acids is 1. The van der Waals surface area contributed by atoms with Crippen molar-refractivity contribution in [2.45, 2.75) is 32.1 Å². The van der Waals surface area contributed by atoms with E-state index in [1.54, 1.807) is 12.1 Å². The Balaban J connectivity index is 1.81. The Bertz CT molecular complexity index is 470. The number of benzene rings is 1. The summed E-state index contributed by atoms with van der Waals surface area (Å²) < 4.78 is 10.8. The molecule has 1 fully saturated rings. The average Bonchev–Trinajstić information content (AvgIpc) is 2.53. The van der Waals surface area contributed by atoms with Gasteiger partial charge in [-0.25, -0.2) is 0 Å². The summed E-state index contributed by atoms with van der Waals surface area (Å²) in [7, 11) is 0. The number of rotatable bonds is 6. The van der Waals surface area contributed by atoms with Gasteiger partial charge in [0.2, 0.25) is 5.91 Å². The third kappa shape index (κ3) is 4.98. The second-order valence-corrected chi connectivity index (χ2v) is 5.58. The summed E-state index contributed by atoms with van der Waals surface area (Å²) >= 11 is 0. The zero-order valence-electron chi connectivity index (χ0n) is 13.0. The summed E-state index contributed by atoms with van der Waals surface area (Å²) in [6, 6.07) is 6.89. The molecule has 2 rings (SSSR count). The molecule has 1 aliphatic rings. The molecule has 0 bridgehead atoms. The van der Waals surface area contributed by atoms with Crippen LogP contribution in [0.3, 0.4) is 0 Å². The predicted molar refractivity (Wildman–Crippen MR) is 82.8 cm³/mol. The zero-order chi connectivity index (χ0) is 15.9. The van der Waals surface area contributed by atoms with Crippen LogP contribution in [0.25, 0.3) is 0 Å². The summed E-state index contributed by atoms with van der Waals surface area (Å²) in [6.07, 6.45) is -0.637. The highest BCUT2D eigenvalue weighted by Crippen LogP contribution is 2.18. The molecule has 6 heteroatoms. The van der Waals surface area contributed by atoms with Gasteiger partial charge in [-0.05, 0) is 31.5 Å². The molecule has 1 aromatic carbocycles. The molecule has 3 N–H and O–H groups in total. The summed E-state index contributed by atoms with van der Waals surface area (Å²) in [5.74, 6) is 0.608. The monoisotopic (exact) mass is 308 g/mol. The van der Waals surface area contributed by atoms with Crippen LogP contribution in [0.4, 0.5) is 0 Å². The van der Waals surface area contributed by atoms with E-state index >= 15 is 0 Å². The molecule has 2 unspecified atom stereocenters. The number of hydrogen-bond acceptors (Lipinski definition) is 5. The smallest absolute Gasteiger partial charge is 0.239 e. The molecular formula is C16H24N2O4. The SMILES string of the molecule is CC(C)Oc1ccc(C(O)CNC(=O)C2COCCN2)cc1. The predicted octanol–water partition coefficient (Wildman–Crippen LogP) is 0.612. The third-order valence-corrected chi connectivity index (χ3v) is 3.34. The maximum absolute atomic E-state index is 11.9. The highest BCUT2D eigenvalue weighted by molar-refractivity contribution is 5.82. The first-order valence-electron chi connectivity index (χ1n) is 7.60. The van der Waals surface area contributed by atoms with Gasteiger partial charge in [-0.15, -0.1) is 0 Å². The van der Waals surface area contributed by atoms with Gasteiger partial charge in [0.05, 0.1) is 25.4 Å². The van der Waals surface area contributed by atoms with Crippen LogP contribution in [0, 0.1) is 0 Å². The quantitative estimate of drug-likeness (QED) is 0.717. The molecule has 0 saturated carbocycles. The lowest BCUT2D eigenvalue weighted by Gasteiger charge is -2.23. The maximum atomic E-state index is 11.9. The summed E-state index contributed by atoms with van der Waals surface area (Å²) in [6.45, 7) is 5.74. The minimum atomic E-state index is -0.749. The van der Waals surface area contributed by atoms with E-state index in [1.165, 1.54) is 0 Å². The van der Waals surface area contributed by atoms with E-state index in [9.17, 15) is 9.90 Å². The molecular weight excluding hydrogens is 284 g/mol. The van der Waals surface area contributed by atoms with Crippen LogP contribution in [-0.4, -0.2) is 49.5 Å². The normalized spacial score (nSPS) is 19.7. The number of amides is 1. The Morgan fingerprint density at radius 2 is 2.18 bits per heavy atom. The van der Waals surface area contributed by atoms with Gasteiger partial charge in [0.15, 0.2) is 0 Å². The van der Waals surface area contributed by atoms with Crippen molar-refractivity contribution in [2.24, 2.45) is 0 Å². The molecule has 1 amide bonds. The second kappa shape index (κ2) is 8.12.